The molecule has 0 aliphatic rings. The van der Waals surface area contributed by atoms with Crippen molar-refractivity contribution in [3.63, 3.8) is 0 Å². The Morgan fingerprint density at radius 2 is 2.20 bits per heavy atom. The number of methoxy groups -OCH3 is 1. The number of carbonyl (C=O) groups is 1. The standard InChI is InChI=1S/C12H13NO2/c1-15-7-6-13-11(9-14)8-10-4-2-3-5-12(10)13/h2-5,8-9H,6-7H2,1H3. The zero-order valence-electron chi connectivity index (χ0n) is 8.64. The van der Waals surface area contributed by atoms with E-state index in [9.17, 15) is 4.79 Å². The smallest absolute Gasteiger partial charge is 0.166 e. The fourth-order valence-electron chi connectivity index (χ4n) is 1.76. The molecule has 0 bridgehead atoms. The van der Waals surface area contributed by atoms with Gasteiger partial charge in [0.2, 0.25) is 0 Å². The summed E-state index contributed by atoms with van der Waals surface area (Å²) in [4.78, 5) is 10.9. The fraction of sp³-hybridized carbons (Fsp3) is 0.250. The van der Waals surface area contributed by atoms with Crippen LogP contribution in [-0.2, 0) is 11.3 Å². The molecule has 0 saturated carbocycles. The van der Waals surface area contributed by atoms with Crippen molar-refractivity contribution in [1.82, 2.24) is 4.57 Å². The van der Waals surface area contributed by atoms with Crippen LogP contribution in [0.3, 0.4) is 0 Å². The van der Waals surface area contributed by atoms with E-state index in [1.165, 1.54) is 0 Å². The van der Waals surface area contributed by atoms with Gasteiger partial charge in [-0.3, -0.25) is 4.79 Å². The summed E-state index contributed by atoms with van der Waals surface area (Å²) >= 11 is 0. The lowest BCUT2D eigenvalue weighted by molar-refractivity contribution is 0.111. The average Bonchev–Trinajstić information content (AvgIpc) is 2.64. The number of hydrogen-bond donors (Lipinski definition) is 0. The molecule has 78 valence electrons. The number of hydrogen-bond acceptors (Lipinski definition) is 2. The first-order chi connectivity index (χ1) is 7.36. The van der Waals surface area contributed by atoms with Crippen LogP contribution in [0.25, 0.3) is 10.9 Å². The number of para-hydroxylation sites is 1. The molecule has 1 aromatic carbocycles. The first-order valence-electron chi connectivity index (χ1n) is 4.89. The van der Waals surface area contributed by atoms with Crippen molar-refractivity contribution < 1.29 is 9.53 Å². The van der Waals surface area contributed by atoms with Crippen LogP contribution in [-0.4, -0.2) is 24.6 Å². The number of nitrogens with zero attached hydrogens (tertiary/aromatic N) is 1. The van der Waals surface area contributed by atoms with E-state index in [1.807, 2.05) is 34.9 Å². The molecule has 3 heteroatoms. The van der Waals surface area contributed by atoms with Gasteiger partial charge in [-0.25, -0.2) is 0 Å². The Morgan fingerprint density at radius 1 is 1.40 bits per heavy atom. The van der Waals surface area contributed by atoms with Crippen LogP contribution >= 0.6 is 0 Å². The molecule has 2 rings (SSSR count). The highest BCUT2D eigenvalue weighted by Crippen LogP contribution is 2.18. The van der Waals surface area contributed by atoms with Crippen LogP contribution in [0.4, 0.5) is 0 Å². The molecule has 2 aromatic rings. The summed E-state index contributed by atoms with van der Waals surface area (Å²) in [5.41, 5.74) is 1.78. The number of carbonyl (C=O) groups excluding carboxylic acids is 1. The summed E-state index contributed by atoms with van der Waals surface area (Å²) in [7, 11) is 1.66. The van der Waals surface area contributed by atoms with Gasteiger partial charge in [-0.1, -0.05) is 18.2 Å². The molecular formula is C12H13NO2. The van der Waals surface area contributed by atoms with E-state index in [4.69, 9.17) is 4.74 Å². The Morgan fingerprint density at radius 3 is 2.93 bits per heavy atom. The first-order valence-corrected chi connectivity index (χ1v) is 4.89. The van der Waals surface area contributed by atoms with Crippen molar-refractivity contribution in [2.45, 2.75) is 6.54 Å². The van der Waals surface area contributed by atoms with Crippen LogP contribution in [0.2, 0.25) is 0 Å². The predicted octanol–water partition coefficient (Wildman–Crippen LogP) is 2.10. The zero-order chi connectivity index (χ0) is 10.7. The number of aromatic nitrogens is 1. The van der Waals surface area contributed by atoms with Crippen LogP contribution in [0.5, 0.6) is 0 Å². The molecular weight excluding hydrogens is 190 g/mol. The van der Waals surface area contributed by atoms with Gasteiger partial charge in [0.1, 0.15) is 0 Å². The van der Waals surface area contributed by atoms with Gasteiger partial charge in [-0.2, -0.15) is 0 Å². The molecule has 0 radical (unpaired) electrons. The van der Waals surface area contributed by atoms with Crippen LogP contribution in [0.1, 0.15) is 10.5 Å². The van der Waals surface area contributed by atoms with Gasteiger partial charge in [-0.15, -0.1) is 0 Å². The highest BCUT2D eigenvalue weighted by Gasteiger charge is 2.06. The number of rotatable bonds is 4. The van der Waals surface area contributed by atoms with Gasteiger partial charge in [0.05, 0.1) is 12.3 Å². The van der Waals surface area contributed by atoms with Gasteiger partial charge in [-0.05, 0) is 12.1 Å². The van der Waals surface area contributed by atoms with E-state index in [0.717, 1.165) is 17.2 Å². The second kappa shape index (κ2) is 4.28. The van der Waals surface area contributed by atoms with E-state index in [2.05, 4.69) is 0 Å². The van der Waals surface area contributed by atoms with Crippen LogP contribution in [0, 0.1) is 0 Å². The van der Waals surface area contributed by atoms with Gasteiger partial charge in [0, 0.05) is 24.6 Å². The van der Waals surface area contributed by atoms with Gasteiger partial charge >= 0.3 is 0 Å². The molecule has 1 aromatic heterocycles. The van der Waals surface area contributed by atoms with E-state index in [1.54, 1.807) is 7.11 Å². The molecule has 0 aliphatic heterocycles. The normalized spacial score (nSPS) is 10.7. The predicted molar refractivity (Wildman–Crippen MR) is 59.2 cm³/mol. The SMILES string of the molecule is COCCn1c(C=O)cc2ccccc21. The molecule has 15 heavy (non-hydrogen) atoms. The molecule has 0 saturated heterocycles. The lowest BCUT2D eigenvalue weighted by Gasteiger charge is -2.06. The van der Waals surface area contributed by atoms with Gasteiger partial charge in [0.15, 0.2) is 6.29 Å². The van der Waals surface area contributed by atoms with E-state index >= 15 is 0 Å². The Kier molecular flexibility index (Phi) is 2.83. The van der Waals surface area contributed by atoms with Crippen molar-refractivity contribution in [2.75, 3.05) is 13.7 Å². The molecule has 0 aliphatic carbocycles. The minimum atomic E-state index is 0.611. The van der Waals surface area contributed by atoms with Crippen molar-refractivity contribution in [3.05, 3.63) is 36.0 Å². The summed E-state index contributed by atoms with van der Waals surface area (Å²) in [6, 6.07) is 9.86. The van der Waals surface area contributed by atoms with E-state index < -0.39 is 0 Å². The Labute approximate surface area is 88.3 Å². The number of benzene rings is 1. The largest absolute Gasteiger partial charge is 0.383 e. The topological polar surface area (TPSA) is 31.2 Å². The number of ether oxygens (including phenoxy) is 1. The summed E-state index contributed by atoms with van der Waals surface area (Å²) in [5.74, 6) is 0. The molecule has 0 spiro atoms. The Bertz CT molecular complexity index is 473. The third-order valence-corrected chi connectivity index (χ3v) is 2.48. The third-order valence-electron chi connectivity index (χ3n) is 2.48. The van der Waals surface area contributed by atoms with Crippen LogP contribution in [0.15, 0.2) is 30.3 Å². The highest BCUT2D eigenvalue weighted by molar-refractivity contribution is 5.88. The van der Waals surface area contributed by atoms with Gasteiger partial charge < -0.3 is 9.30 Å². The van der Waals surface area contributed by atoms with E-state index in [-0.39, 0.29) is 0 Å². The second-order valence-corrected chi connectivity index (χ2v) is 3.39. The first kappa shape index (κ1) is 9.93. The minimum absolute atomic E-state index is 0.611. The Hall–Kier alpha value is -1.61. The maximum Gasteiger partial charge on any atom is 0.166 e. The minimum Gasteiger partial charge on any atom is -0.383 e. The number of aldehydes is 1. The highest BCUT2D eigenvalue weighted by atomic mass is 16.5. The second-order valence-electron chi connectivity index (χ2n) is 3.39. The van der Waals surface area contributed by atoms with Crippen molar-refractivity contribution in [3.8, 4) is 0 Å². The average molecular weight is 203 g/mol. The Balaban J connectivity index is 2.51. The molecule has 0 fully saturated rings. The third kappa shape index (κ3) is 1.78. The zero-order valence-corrected chi connectivity index (χ0v) is 8.64. The lowest BCUT2D eigenvalue weighted by Crippen LogP contribution is -2.06. The summed E-state index contributed by atoms with van der Waals surface area (Å²) < 4.78 is 7.00. The molecule has 0 unspecified atom stereocenters. The molecule has 0 amide bonds. The van der Waals surface area contributed by atoms with Gasteiger partial charge in [0.25, 0.3) is 0 Å². The van der Waals surface area contributed by atoms with Crippen molar-refractivity contribution in [2.24, 2.45) is 0 Å². The number of fused-ring (bicyclic) bond motifs is 1. The maximum absolute atomic E-state index is 10.9. The van der Waals surface area contributed by atoms with Crippen LogP contribution < -0.4 is 0 Å². The van der Waals surface area contributed by atoms with Crippen molar-refractivity contribution >= 4 is 17.2 Å². The summed E-state index contributed by atoms with van der Waals surface area (Å²) in [6.45, 7) is 1.32. The molecule has 1 heterocycles. The van der Waals surface area contributed by atoms with E-state index in [0.29, 0.717) is 18.8 Å². The molecule has 3 nitrogen and oxygen atoms in total. The summed E-state index contributed by atoms with van der Waals surface area (Å²) in [5, 5.41) is 1.09. The fourth-order valence-corrected chi connectivity index (χ4v) is 1.76. The monoisotopic (exact) mass is 203 g/mol. The summed E-state index contributed by atoms with van der Waals surface area (Å²) in [6.07, 6.45) is 0.885. The molecule has 0 N–H and O–H groups in total. The lowest BCUT2D eigenvalue weighted by atomic mass is 10.2. The maximum atomic E-state index is 10.9. The molecule has 0 atom stereocenters. The van der Waals surface area contributed by atoms with Crippen molar-refractivity contribution in [1.29, 1.82) is 0 Å². The quantitative estimate of drug-likeness (QED) is 0.712.